The van der Waals surface area contributed by atoms with Gasteiger partial charge < -0.3 is 0 Å². The van der Waals surface area contributed by atoms with Crippen molar-refractivity contribution >= 4 is 38.9 Å². The summed E-state index contributed by atoms with van der Waals surface area (Å²) in [5.41, 5.74) is 1.87. The Labute approximate surface area is 118 Å². The Hall–Kier alpha value is -0.450. The number of rotatable bonds is 1. The SMILES string of the molecule is CC(C)(C)c1nc(-c2ccsc2)nc(Cl)c1Br. The maximum atomic E-state index is 6.15. The van der Waals surface area contributed by atoms with Crippen molar-refractivity contribution in [1.82, 2.24) is 9.97 Å². The summed E-state index contributed by atoms with van der Waals surface area (Å²) in [6.45, 7) is 6.31. The van der Waals surface area contributed by atoms with Crippen LogP contribution in [0.5, 0.6) is 0 Å². The van der Waals surface area contributed by atoms with Crippen LogP contribution < -0.4 is 0 Å². The first kappa shape index (κ1) is 13.0. The molecule has 0 N–H and O–H groups in total. The first-order valence-corrected chi connectivity index (χ1v) is 7.27. The Morgan fingerprint density at radius 1 is 1.29 bits per heavy atom. The van der Waals surface area contributed by atoms with Crippen molar-refractivity contribution in [2.24, 2.45) is 0 Å². The predicted molar refractivity (Wildman–Crippen MR) is 76.8 cm³/mol. The van der Waals surface area contributed by atoms with Gasteiger partial charge in [0.05, 0.1) is 10.2 Å². The highest BCUT2D eigenvalue weighted by Crippen LogP contribution is 2.34. The first-order valence-electron chi connectivity index (χ1n) is 5.15. The molecule has 2 nitrogen and oxygen atoms in total. The molecule has 0 aliphatic carbocycles. The minimum Gasteiger partial charge on any atom is -0.231 e. The van der Waals surface area contributed by atoms with Gasteiger partial charge in [0.2, 0.25) is 0 Å². The highest BCUT2D eigenvalue weighted by molar-refractivity contribution is 9.10. The van der Waals surface area contributed by atoms with Crippen LogP contribution in [0.3, 0.4) is 0 Å². The molecule has 0 aliphatic rings. The molecular weight excluding hydrogens is 320 g/mol. The Kier molecular flexibility index (Phi) is 3.57. The maximum Gasteiger partial charge on any atom is 0.162 e. The van der Waals surface area contributed by atoms with E-state index in [1.54, 1.807) is 11.3 Å². The zero-order chi connectivity index (χ0) is 12.6. The Balaban J connectivity index is 2.62. The van der Waals surface area contributed by atoms with Gasteiger partial charge in [-0.05, 0) is 27.4 Å². The summed E-state index contributed by atoms with van der Waals surface area (Å²) >= 11 is 11.2. The van der Waals surface area contributed by atoms with E-state index in [4.69, 9.17) is 11.6 Å². The number of aromatic nitrogens is 2. The smallest absolute Gasteiger partial charge is 0.162 e. The van der Waals surface area contributed by atoms with Crippen LogP contribution >= 0.6 is 38.9 Å². The van der Waals surface area contributed by atoms with E-state index in [0.29, 0.717) is 11.0 Å². The van der Waals surface area contributed by atoms with Crippen LogP contribution in [0.2, 0.25) is 5.15 Å². The molecule has 0 spiro atoms. The average molecular weight is 332 g/mol. The van der Waals surface area contributed by atoms with Crippen molar-refractivity contribution in [3.05, 3.63) is 32.1 Å². The van der Waals surface area contributed by atoms with E-state index in [1.165, 1.54) is 0 Å². The molecule has 0 fully saturated rings. The number of hydrogen-bond acceptors (Lipinski definition) is 3. The summed E-state index contributed by atoms with van der Waals surface area (Å²) in [6.07, 6.45) is 0. The third-order valence-corrected chi connectivity index (χ3v) is 4.24. The van der Waals surface area contributed by atoms with Crippen LogP contribution in [-0.4, -0.2) is 9.97 Å². The fourth-order valence-corrected chi connectivity index (χ4v) is 3.01. The molecule has 0 amide bonds. The Morgan fingerprint density at radius 3 is 2.53 bits per heavy atom. The van der Waals surface area contributed by atoms with Gasteiger partial charge >= 0.3 is 0 Å². The van der Waals surface area contributed by atoms with Crippen LogP contribution in [0.25, 0.3) is 11.4 Å². The molecule has 0 unspecified atom stereocenters. The van der Waals surface area contributed by atoms with Crippen molar-refractivity contribution < 1.29 is 0 Å². The molecule has 2 heterocycles. The standard InChI is InChI=1S/C12H12BrClN2S/c1-12(2,3)9-8(13)10(14)16-11(15-9)7-4-5-17-6-7/h4-6H,1-3H3. The van der Waals surface area contributed by atoms with Crippen molar-refractivity contribution in [2.45, 2.75) is 26.2 Å². The molecule has 0 saturated heterocycles. The lowest BCUT2D eigenvalue weighted by Crippen LogP contribution is -2.16. The molecule has 0 bridgehead atoms. The topological polar surface area (TPSA) is 25.8 Å². The van der Waals surface area contributed by atoms with Crippen LogP contribution in [0.15, 0.2) is 21.3 Å². The minimum atomic E-state index is -0.0732. The molecule has 90 valence electrons. The van der Waals surface area contributed by atoms with Crippen LogP contribution in [0, 0.1) is 0 Å². The number of thiophene rings is 1. The van der Waals surface area contributed by atoms with Gasteiger partial charge in [-0.15, -0.1) is 0 Å². The van der Waals surface area contributed by atoms with Crippen molar-refractivity contribution in [3.63, 3.8) is 0 Å². The quantitative estimate of drug-likeness (QED) is 0.693. The molecule has 17 heavy (non-hydrogen) atoms. The number of halogens is 2. The third-order valence-electron chi connectivity index (χ3n) is 2.30. The van der Waals surface area contributed by atoms with E-state index in [2.05, 4.69) is 46.7 Å². The van der Waals surface area contributed by atoms with Crippen LogP contribution in [-0.2, 0) is 5.41 Å². The van der Waals surface area contributed by atoms with E-state index >= 15 is 0 Å². The second-order valence-electron chi connectivity index (χ2n) is 4.76. The van der Waals surface area contributed by atoms with Gasteiger partial charge in [-0.2, -0.15) is 11.3 Å². The van der Waals surface area contributed by atoms with Crippen molar-refractivity contribution in [2.75, 3.05) is 0 Å². The summed E-state index contributed by atoms with van der Waals surface area (Å²) in [4.78, 5) is 8.91. The van der Waals surface area contributed by atoms with Gasteiger partial charge in [-0.1, -0.05) is 32.4 Å². The molecule has 0 aromatic carbocycles. The summed E-state index contributed by atoms with van der Waals surface area (Å²) in [7, 11) is 0. The molecule has 5 heteroatoms. The summed E-state index contributed by atoms with van der Waals surface area (Å²) in [6, 6.07) is 2.00. The van der Waals surface area contributed by atoms with Gasteiger partial charge in [-0.25, -0.2) is 9.97 Å². The van der Waals surface area contributed by atoms with Gasteiger partial charge in [0.25, 0.3) is 0 Å². The van der Waals surface area contributed by atoms with Gasteiger partial charge in [0, 0.05) is 16.4 Å². The summed E-state index contributed by atoms with van der Waals surface area (Å²) in [5.74, 6) is 0.685. The highest BCUT2D eigenvalue weighted by atomic mass is 79.9. The van der Waals surface area contributed by atoms with Gasteiger partial charge in [0.1, 0.15) is 5.15 Å². The third kappa shape index (κ3) is 2.69. The lowest BCUT2D eigenvalue weighted by molar-refractivity contribution is 0.564. The molecule has 0 atom stereocenters. The lowest BCUT2D eigenvalue weighted by atomic mass is 9.92. The van der Waals surface area contributed by atoms with Crippen molar-refractivity contribution in [3.8, 4) is 11.4 Å². The zero-order valence-corrected chi connectivity index (χ0v) is 12.9. The summed E-state index contributed by atoms with van der Waals surface area (Å²) in [5, 5.41) is 4.49. The van der Waals surface area contributed by atoms with E-state index in [-0.39, 0.29) is 5.41 Å². The molecule has 2 aromatic heterocycles. The average Bonchev–Trinajstić information content (AvgIpc) is 2.73. The summed E-state index contributed by atoms with van der Waals surface area (Å²) < 4.78 is 0.783. The lowest BCUT2D eigenvalue weighted by Gasteiger charge is -2.20. The van der Waals surface area contributed by atoms with Gasteiger partial charge in [0.15, 0.2) is 5.82 Å². The maximum absolute atomic E-state index is 6.15. The van der Waals surface area contributed by atoms with E-state index < -0.39 is 0 Å². The van der Waals surface area contributed by atoms with Gasteiger partial charge in [-0.3, -0.25) is 0 Å². The van der Waals surface area contributed by atoms with E-state index in [1.807, 2.05) is 16.8 Å². The second-order valence-corrected chi connectivity index (χ2v) is 6.69. The Bertz CT molecular complexity index is 532. The zero-order valence-electron chi connectivity index (χ0n) is 9.79. The van der Waals surface area contributed by atoms with E-state index in [9.17, 15) is 0 Å². The van der Waals surface area contributed by atoms with Crippen molar-refractivity contribution in [1.29, 1.82) is 0 Å². The van der Waals surface area contributed by atoms with E-state index in [0.717, 1.165) is 15.7 Å². The minimum absolute atomic E-state index is 0.0732. The molecule has 2 rings (SSSR count). The molecule has 0 aliphatic heterocycles. The second kappa shape index (κ2) is 4.67. The highest BCUT2D eigenvalue weighted by Gasteiger charge is 2.23. The number of hydrogen-bond donors (Lipinski definition) is 0. The predicted octanol–water partition coefficient (Wildman–Crippen LogP) is 4.92. The molecule has 2 aromatic rings. The fourth-order valence-electron chi connectivity index (χ4n) is 1.44. The largest absolute Gasteiger partial charge is 0.231 e. The Morgan fingerprint density at radius 2 is 2.00 bits per heavy atom. The number of nitrogens with zero attached hydrogens (tertiary/aromatic N) is 2. The van der Waals surface area contributed by atoms with Crippen LogP contribution in [0.1, 0.15) is 26.5 Å². The monoisotopic (exact) mass is 330 g/mol. The fraction of sp³-hybridized carbons (Fsp3) is 0.333. The molecular formula is C12H12BrClN2S. The molecule has 0 radical (unpaired) electrons. The molecule has 0 saturated carbocycles. The normalized spacial score (nSPS) is 11.8. The van der Waals surface area contributed by atoms with Crippen LogP contribution in [0.4, 0.5) is 0 Å². The first-order chi connectivity index (χ1) is 7.89.